The number of ether oxygens (including phenoxy) is 2. The van der Waals surface area contributed by atoms with Crippen LogP contribution >= 0.6 is 0 Å². The molecule has 234 valence electrons. The lowest BCUT2D eigenvalue weighted by Gasteiger charge is -2.18. The van der Waals surface area contributed by atoms with Crippen molar-refractivity contribution in [2.24, 2.45) is 5.10 Å². The Morgan fingerprint density at radius 2 is 1.76 bits per heavy atom. The maximum Gasteiger partial charge on any atom is 0.282 e. The number of aromatic nitrogens is 2. The molecule has 4 aromatic carbocycles. The first-order valence-electron chi connectivity index (χ1n) is 14.8. The zero-order valence-electron chi connectivity index (χ0n) is 25.9. The van der Waals surface area contributed by atoms with Gasteiger partial charge in [0.15, 0.2) is 12.4 Å². The third-order valence-corrected chi connectivity index (χ3v) is 7.21. The summed E-state index contributed by atoms with van der Waals surface area (Å²) in [6.07, 6.45) is 1.30. The largest absolute Gasteiger partial charge is 0.494 e. The van der Waals surface area contributed by atoms with E-state index in [2.05, 4.69) is 24.3 Å². The lowest BCUT2D eigenvalue weighted by Crippen LogP contribution is -2.21. The van der Waals surface area contributed by atoms with E-state index < -0.39 is 16.4 Å². The fourth-order valence-electron chi connectivity index (χ4n) is 4.94. The number of para-hydroxylation sites is 2. The number of amides is 1. The first-order chi connectivity index (χ1) is 22.2. The average molecular weight is 620 g/mol. The van der Waals surface area contributed by atoms with Crippen LogP contribution in [0.5, 0.6) is 11.5 Å². The molecule has 0 bridgehead atoms. The van der Waals surface area contributed by atoms with Gasteiger partial charge in [0.25, 0.3) is 17.2 Å². The molecule has 1 N–H and O–H groups in total. The molecule has 0 spiro atoms. The smallest absolute Gasteiger partial charge is 0.282 e. The molecule has 0 unspecified atom stereocenters. The van der Waals surface area contributed by atoms with Crippen LogP contribution in [-0.2, 0) is 4.79 Å². The summed E-state index contributed by atoms with van der Waals surface area (Å²) in [6.45, 7) is 8.08. The van der Waals surface area contributed by atoms with E-state index in [1.54, 1.807) is 48.5 Å². The summed E-state index contributed by atoms with van der Waals surface area (Å²) in [5.74, 6) is 0.912. The number of carbonyl (C=O) groups excluding carboxylic acids is 1. The number of nitrogens with one attached hydrogen (secondary N) is 1. The Hall–Kier alpha value is -5.84. The van der Waals surface area contributed by atoms with Gasteiger partial charge >= 0.3 is 0 Å². The van der Waals surface area contributed by atoms with Gasteiger partial charge in [-0.3, -0.25) is 19.7 Å². The van der Waals surface area contributed by atoms with Crippen LogP contribution in [0, 0.1) is 17.0 Å². The molecule has 0 fully saturated rings. The van der Waals surface area contributed by atoms with Crippen molar-refractivity contribution in [3.63, 3.8) is 0 Å². The predicted molar refractivity (Wildman–Crippen MR) is 178 cm³/mol. The van der Waals surface area contributed by atoms with Crippen LogP contribution in [0.3, 0.4) is 0 Å². The Balaban J connectivity index is 1.60. The summed E-state index contributed by atoms with van der Waals surface area (Å²) in [5, 5.41) is 19.2. The van der Waals surface area contributed by atoms with Crippen molar-refractivity contribution < 1.29 is 19.2 Å². The molecular weight excluding hydrogens is 586 g/mol. The van der Waals surface area contributed by atoms with Crippen molar-refractivity contribution in [1.29, 1.82) is 0 Å². The van der Waals surface area contributed by atoms with Crippen molar-refractivity contribution in [2.75, 3.05) is 18.5 Å². The molecule has 0 aliphatic heterocycles. The zero-order valence-corrected chi connectivity index (χ0v) is 25.9. The van der Waals surface area contributed by atoms with Gasteiger partial charge in [-0.05, 0) is 73.4 Å². The Bertz CT molecular complexity index is 2000. The number of rotatable bonds is 11. The summed E-state index contributed by atoms with van der Waals surface area (Å²) >= 11 is 0. The van der Waals surface area contributed by atoms with Gasteiger partial charge in [-0.2, -0.15) is 9.78 Å². The number of fused-ring (bicyclic) bond motifs is 1. The number of carbonyl (C=O) groups is 1. The highest BCUT2D eigenvalue weighted by atomic mass is 16.6. The van der Waals surface area contributed by atoms with Crippen LogP contribution in [0.4, 0.5) is 11.4 Å². The van der Waals surface area contributed by atoms with Crippen molar-refractivity contribution in [3.8, 4) is 22.9 Å². The SMILES string of the molecule is CCOc1cc(C)c(-c2nc3ccccc3c(=O)n2N=Cc2cc([N+](=O)[O-])ccc2OCC(=O)Nc2ccccc2)cc1C(C)C. The van der Waals surface area contributed by atoms with Crippen LogP contribution in [0.2, 0.25) is 0 Å². The maximum atomic E-state index is 13.9. The number of non-ortho nitro benzene ring substituents is 1. The second-order valence-corrected chi connectivity index (χ2v) is 10.8. The molecule has 11 nitrogen and oxygen atoms in total. The zero-order chi connectivity index (χ0) is 32.8. The van der Waals surface area contributed by atoms with E-state index in [1.165, 1.54) is 29.1 Å². The number of aryl methyl sites for hydroxylation is 1. The molecule has 0 aliphatic rings. The topological polar surface area (TPSA) is 138 Å². The van der Waals surface area contributed by atoms with Crippen LogP contribution in [0.15, 0.2) is 94.8 Å². The lowest BCUT2D eigenvalue weighted by atomic mass is 9.96. The highest BCUT2D eigenvalue weighted by Crippen LogP contribution is 2.34. The lowest BCUT2D eigenvalue weighted by molar-refractivity contribution is -0.384. The Morgan fingerprint density at radius 1 is 1.02 bits per heavy atom. The van der Waals surface area contributed by atoms with Crippen molar-refractivity contribution >= 4 is 34.4 Å². The summed E-state index contributed by atoms with van der Waals surface area (Å²) in [4.78, 5) is 42.4. The van der Waals surface area contributed by atoms with E-state index in [4.69, 9.17) is 14.5 Å². The monoisotopic (exact) mass is 619 g/mol. The Kier molecular flexibility index (Phi) is 9.51. The second kappa shape index (κ2) is 13.9. The number of nitro groups is 1. The van der Waals surface area contributed by atoms with E-state index in [0.29, 0.717) is 28.8 Å². The third kappa shape index (κ3) is 6.94. The number of hydrogen-bond acceptors (Lipinski definition) is 8. The highest BCUT2D eigenvalue weighted by Gasteiger charge is 2.19. The molecule has 5 aromatic rings. The molecule has 1 aromatic heterocycles. The molecule has 46 heavy (non-hydrogen) atoms. The molecule has 0 saturated carbocycles. The predicted octanol–water partition coefficient (Wildman–Crippen LogP) is 6.70. The van der Waals surface area contributed by atoms with Crippen LogP contribution in [0.25, 0.3) is 22.3 Å². The minimum atomic E-state index is -0.546. The van der Waals surface area contributed by atoms with Gasteiger partial charge in [-0.15, -0.1) is 0 Å². The van der Waals surface area contributed by atoms with E-state index in [-0.39, 0.29) is 35.3 Å². The van der Waals surface area contributed by atoms with Gasteiger partial charge in [0, 0.05) is 28.9 Å². The number of nitrogens with zero attached hydrogens (tertiary/aromatic N) is 4. The summed E-state index contributed by atoms with van der Waals surface area (Å²) < 4.78 is 12.8. The van der Waals surface area contributed by atoms with Crippen LogP contribution in [0.1, 0.15) is 43.4 Å². The number of benzene rings is 4. The molecule has 5 rings (SSSR count). The normalized spacial score (nSPS) is 11.2. The summed E-state index contributed by atoms with van der Waals surface area (Å²) in [6, 6.07) is 23.7. The van der Waals surface area contributed by atoms with Crippen LogP contribution < -0.4 is 20.3 Å². The molecule has 1 amide bonds. The quantitative estimate of drug-likeness (QED) is 0.0986. The number of anilines is 1. The average Bonchev–Trinajstić information content (AvgIpc) is 3.04. The van der Waals surface area contributed by atoms with Gasteiger partial charge < -0.3 is 14.8 Å². The molecule has 0 radical (unpaired) electrons. The van der Waals surface area contributed by atoms with E-state index in [9.17, 15) is 19.7 Å². The van der Waals surface area contributed by atoms with Crippen molar-refractivity contribution in [2.45, 2.75) is 33.6 Å². The van der Waals surface area contributed by atoms with E-state index in [1.807, 2.05) is 32.0 Å². The standard InChI is InChI=1S/C35H33N5O6/c1-5-45-32-17-23(4)29(19-28(32)22(2)3)34-38-30-14-10-9-13-27(30)35(42)39(34)36-20-24-18-26(40(43)44)15-16-31(24)46-21-33(41)37-25-11-7-6-8-12-25/h6-20,22H,5,21H2,1-4H3,(H,37,41). The van der Waals surface area contributed by atoms with Gasteiger partial charge in [-0.25, -0.2) is 4.98 Å². The van der Waals surface area contributed by atoms with Crippen molar-refractivity contribution in [1.82, 2.24) is 9.66 Å². The van der Waals surface area contributed by atoms with Crippen LogP contribution in [-0.4, -0.2) is 39.9 Å². The minimum absolute atomic E-state index is 0.119. The minimum Gasteiger partial charge on any atom is -0.494 e. The summed E-state index contributed by atoms with van der Waals surface area (Å²) in [5.41, 5.74) is 3.10. The first-order valence-corrected chi connectivity index (χ1v) is 14.8. The summed E-state index contributed by atoms with van der Waals surface area (Å²) in [7, 11) is 0. The molecule has 1 heterocycles. The highest BCUT2D eigenvalue weighted by molar-refractivity contribution is 5.92. The molecule has 0 saturated heterocycles. The number of hydrogen-bond donors (Lipinski definition) is 1. The maximum absolute atomic E-state index is 13.9. The first kappa shape index (κ1) is 31.6. The van der Waals surface area contributed by atoms with E-state index in [0.717, 1.165) is 16.9 Å². The van der Waals surface area contributed by atoms with E-state index >= 15 is 0 Å². The van der Waals surface area contributed by atoms with Gasteiger partial charge in [-0.1, -0.05) is 44.2 Å². The number of nitro benzene ring substituents is 1. The fraction of sp³-hybridized carbons (Fsp3) is 0.200. The fourth-order valence-corrected chi connectivity index (χ4v) is 4.94. The van der Waals surface area contributed by atoms with Gasteiger partial charge in [0.2, 0.25) is 0 Å². The Morgan fingerprint density at radius 3 is 2.48 bits per heavy atom. The molecule has 0 aliphatic carbocycles. The Labute approximate surface area is 265 Å². The molecule has 0 atom stereocenters. The molecule has 11 heteroatoms. The third-order valence-electron chi connectivity index (χ3n) is 7.21. The van der Waals surface area contributed by atoms with Crippen molar-refractivity contribution in [3.05, 3.63) is 122 Å². The van der Waals surface area contributed by atoms with Gasteiger partial charge in [0.05, 0.1) is 28.6 Å². The second-order valence-electron chi connectivity index (χ2n) is 10.8. The molecular formula is C35H33N5O6. The van der Waals surface area contributed by atoms with Gasteiger partial charge in [0.1, 0.15) is 11.5 Å².